The summed E-state index contributed by atoms with van der Waals surface area (Å²) in [5, 5.41) is 6.08. The van der Waals surface area contributed by atoms with Crippen molar-refractivity contribution in [2.24, 2.45) is 5.92 Å². The number of hydrogen-bond donors (Lipinski definition) is 1. The molecule has 3 rings (SSSR count). The summed E-state index contributed by atoms with van der Waals surface area (Å²) < 4.78 is 2.25. The fraction of sp³-hybridized carbons (Fsp3) is 0.632. The SMILES string of the molecule is CCCn1ccnc1CN1CCCC(CNC(=O)Cc2csc(C)n2)C1. The second-order valence-corrected chi connectivity index (χ2v) is 8.18. The van der Waals surface area contributed by atoms with E-state index in [1.165, 1.54) is 12.8 Å². The number of amides is 1. The first-order chi connectivity index (χ1) is 12.6. The number of nitrogens with zero attached hydrogens (tertiary/aromatic N) is 4. The van der Waals surface area contributed by atoms with Crippen molar-refractivity contribution < 1.29 is 4.79 Å². The van der Waals surface area contributed by atoms with Crippen LogP contribution in [0.4, 0.5) is 0 Å². The summed E-state index contributed by atoms with van der Waals surface area (Å²) in [6.45, 7) is 8.97. The summed E-state index contributed by atoms with van der Waals surface area (Å²) in [5.41, 5.74) is 0.873. The molecular formula is C19H29N5OS. The Bertz CT molecular complexity index is 710. The second-order valence-electron chi connectivity index (χ2n) is 7.12. The molecule has 2 aromatic rings. The second kappa shape index (κ2) is 9.28. The van der Waals surface area contributed by atoms with Gasteiger partial charge in [-0.3, -0.25) is 9.69 Å². The Morgan fingerprint density at radius 1 is 1.46 bits per heavy atom. The topological polar surface area (TPSA) is 63.1 Å². The van der Waals surface area contributed by atoms with Crippen LogP contribution in [0.25, 0.3) is 0 Å². The van der Waals surface area contributed by atoms with Crippen molar-refractivity contribution in [1.29, 1.82) is 0 Å². The highest BCUT2D eigenvalue weighted by atomic mass is 32.1. The van der Waals surface area contributed by atoms with Gasteiger partial charge in [-0.1, -0.05) is 6.92 Å². The van der Waals surface area contributed by atoms with Crippen LogP contribution in [0, 0.1) is 12.8 Å². The van der Waals surface area contributed by atoms with E-state index < -0.39 is 0 Å². The minimum Gasteiger partial charge on any atom is -0.355 e. The largest absolute Gasteiger partial charge is 0.355 e. The van der Waals surface area contributed by atoms with E-state index in [1.807, 2.05) is 18.5 Å². The summed E-state index contributed by atoms with van der Waals surface area (Å²) in [4.78, 5) is 23.5. The van der Waals surface area contributed by atoms with E-state index in [0.717, 1.165) is 55.7 Å². The zero-order chi connectivity index (χ0) is 18.4. The number of hydrogen-bond acceptors (Lipinski definition) is 5. The van der Waals surface area contributed by atoms with E-state index in [-0.39, 0.29) is 5.91 Å². The van der Waals surface area contributed by atoms with Gasteiger partial charge in [0, 0.05) is 37.4 Å². The van der Waals surface area contributed by atoms with Crippen molar-refractivity contribution >= 4 is 17.2 Å². The molecule has 0 spiro atoms. The zero-order valence-corrected chi connectivity index (χ0v) is 16.6. The Morgan fingerprint density at radius 2 is 2.35 bits per heavy atom. The summed E-state index contributed by atoms with van der Waals surface area (Å²) in [7, 11) is 0. The third-order valence-electron chi connectivity index (χ3n) is 4.83. The molecule has 26 heavy (non-hydrogen) atoms. The van der Waals surface area contributed by atoms with E-state index >= 15 is 0 Å². The van der Waals surface area contributed by atoms with Crippen LogP contribution in [0.5, 0.6) is 0 Å². The number of piperidine rings is 1. The molecule has 0 aromatic carbocycles. The summed E-state index contributed by atoms with van der Waals surface area (Å²) in [6.07, 6.45) is 7.83. The number of rotatable bonds is 8. The molecule has 1 N–H and O–H groups in total. The van der Waals surface area contributed by atoms with Crippen molar-refractivity contribution in [3.05, 3.63) is 34.3 Å². The highest BCUT2D eigenvalue weighted by molar-refractivity contribution is 7.09. The number of carbonyl (C=O) groups is 1. The van der Waals surface area contributed by atoms with Gasteiger partial charge in [0.15, 0.2) is 0 Å². The van der Waals surface area contributed by atoms with E-state index in [4.69, 9.17) is 0 Å². The smallest absolute Gasteiger partial charge is 0.226 e. The van der Waals surface area contributed by atoms with E-state index in [1.54, 1.807) is 11.3 Å². The van der Waals surface area contributed by atoms with E-state index in [9.17, 15) is 4.79 Å². The maximum absolute atomic E-state index is 12.1. The number of aromatic nitrogens is 3. The Morgan fingerprint density at radius 3 is 3.12 bits per heavy atom. The van der Waals surface area contributed by atoms with Crippen molar-refractivity contribution in [3.63, 3.8) is 0 Å². The fourth-order valence-corrected chi connectivity index (χ4v) is 4.18. The lowest BCUT2D eigenvalue weighted by atomic mass is 9.98. The first kappa shape index (κ1) is 19.0. The standard InChI is InChI=1S/C19H29N5OS/c1-3-7-24-9-6-20-18(24)13-23-8-4-5-16(12-23)11-21-19(25)10-17-14-26-15(2)22-17/h6,9,14,16H,3-5,7-8,10-13H2,1-2H3,(H,21,25). The van der Waals surface area contributed by atoms with Crippen LogP contribution >= 0.6 is 11.3 Å². The highest BCUT2D eigenvalue weighted by Crippen LogP contribution is 2.18. The molecule has 6 nitrogen and oxygen atoms in total. The Kier molecular flexibility index (Phi) is 6.80. The number of nitrogens with one attached hydrogen (secondary N) is 1. The molecular weight excluding hydrogens is 346 g/mol. The predicted molar refractivity (Wildman–Crippen MR) is 104 cm³/mol. The van der Waals surface area contributed by atoms with Gasteiger partial charge in [0.05, 0.1) is 23.7 Å². The van der Waals surface area contributed by atoms with Crippen LogP contribution in [-0.2, 0) is 24.3 Å². The number of aryl methyl sites for hydroxylation is 2. The van der Waals surface area contributed by atoms with Crippen molar-refractivity contribution in [3.8, 4) is 0 Å². The first-order valence-corrected chi connectivity index (χ1v) is 10.4. The van der Waals surface area contributed by atoms with Gasteiger partial charge in [-0.25, -0.2) is 9.97 Å². The molecule has 7 heteroatoms. The van der Waals surface area contributed by atoms with Crippen LogP contribution in [-0.4, -0.2) is 45.0 Å². The molecule has 1 saturated heterocycles. The Balaban J connectivity index is 1.44. The molecule has 142 valence electrons. The maximum atomic E-state index is 12.1. The minimum absolute atomic E-state index is 0.0749. The monoisotopic (exact) mass is 375 g/mol. The molecule has 2 aromatic heterocycles. The zero-order valence-electron chi connectivity index (χ0n) is 15.8. The van der Waals surface area contributed by atoms with Crippen molar-refractivity contribution in [2.75, 3.05) is 19.6 Å². The average Bonchev–Trinajstić information content (AvgIpc) is 3.23. The molecule has 1 unspecified atom stereocenters. The van der Waals surface area contributed by atoms with E-state index in [0.29, 0.717) is 12.3 Å². The third-order valence-corrected chi connectivity index (χ3v) is 5.65. The molecule has 1 amide bonds. The van der Waals surface area contributed by atoms with Gasteiger partial charge in [-0.2, -0.15) is 0 Å². The lowest BCUT2D eigenvalue weighted by Crippen LogP contribution is -2.41. The Labute approximate surface area is 159 Å². The van der Waals surface area contributed by atoms with Gasteiger partial charge in [0.25, 0.3) is 0 Å². The quantitative estimate of drug-likeness (QED) is 0.770. The summed E-state index contributed by atoms with van der Waals surface area (Å²) >= 11 is 1.59. The van der Waals surface area contributed by atoms with Crippen molar-refractivity contribution in [2.45, 2.75) is 52.6 Å². The van der Waals surface area contributed by atoms with Crippen LogP contribution in [0.2, 0.25) is 0 Å². The maximum Gasteiger partial charge on any atom is 0.226 e. The van der Waals surface area contributed by atoms with Gasteiger partial charge in [-0.15, -0.1) is 11.3 Å². The van der Waals surface area contributed by atoms with Gasteiger partial charge >= 0.3 is 0 Å². The molecule has 1 fully saturated rings. The first-order valence-electron chi connectivity index (χ1n) is 9.54. The third kappa shape index (κ3) is 5.38. The van der Waals surface area contributed by atoms with Gasteiger partial charge in [0.2, 0.25) is 5.91 Å². The van der Waals surface area contributed by atoms with Crippen LogP contribution < -0.4 is 5.32 Å². The lowest BCUT2D eigenvalue weighted by molar-refractivity contribution is -0.120. The predicted octanol–water partition coefficient (Wildman–Crippen LogP) is 2.63. The minimum atomic E-state index is 0.0749. The molecule has 1 aliphatic rings. The molecule has 0 aliphatic carbocycles. The number of likely N-dealkylation sites (tertiary alicyclic amines) is 1. The Hall–Kier alpha value is -1.73. The highest BCUT2D eigenvalue weighted by Gasteiger charge is 2.21. The number of imidazole rings is 1. The van der Waals surface area contributed by atoms with Gasteiger partial charge in [-0.05, 0) is 38.6 Å². The van der Waals surface area contributed by atoms with Gasteiger partial charge < -0.3 is 9.88 Å². The molecule has 1 atom stereocenters. The van der Waals surface area contributed by atoms with E-state index in [2.05, 4.69) is 37.9 Å². The lowest BCUT2D eigenvalue weighted by Gasteiger charge is -2.32. The summed E-state index contributed by atoms with van der Waals surface area (Å²) in [5.74, 6) is 1.74. The van der Waals surface area contributed by atoms with Crippen LogP contribution in [0.1, 0.15) is 42.7 Å². The number of thiazole rings is 1. The molecule has 0 bridgehead atoms. The average molecular weight is 376 g/mol. The van der Waals surface area contributed by atoms with Gasteiger partial charge in [0.1, 0.15) is 5.82 Å². The molecule has 3 heterocycles. The number of carbonyl (C=O) groups excluding carboxylic acids is 1. The van der Waals surface area contributed by atoms with Crippen LogP contribution in [0.3, 0.4) is 0 Å². The fourth-order valence-electron chi connectivity index (χ4n) is 3.57. The molecule has 0 radical (unpaired) electrons. The normalized spacial score (nSPS) is 18.2. The van der Waals surface area contributed by atoms with Crippen molar-refractivity contribution in [1.82, 2.24) is 24.8 Å². The van der Waals surface area contributed by atoms with Crippen LogP contribution in [0.15, 0.2) is 17.8 Å². The molecule has 1 aliphatic heterocycles. The molecule has 0 saturated carbocycles. The summed E-state index contributed by atoms with van der Waals surface area (Å²) in [6, 6.07) is 0.